The Labute approximate surface area is 147 Å². The van der Waals surface area contributed by atoms with Gasteiger partial charge < -0.3 is 19.7 Å². The van der Waals surface area contributed by atoms with Crippen LogP contribution < -0.4 is 10.2 Å². The quantitative estimate of drug-likeness (QED) is 0.924. The third-order valence-corrected chi connectivity index (χ3v) is 4.62. The summed E-state index contributed by atoms with van der Waals surface area (Å²) in [5.41, 5.74) is 1.66. The zero-order valence-corrected chi connectivity index (χ0v) is 14.7. The van der Waals surface area contributed by atoms with Crippen molar-refractivity contribution in [1.82, 2.24) is 14.5 Å². The van der Waals surface area contributed by atoms with Crippen LogP contribution in [0.4, 0.5) is 16.2 Å². The molecule has 0 unspecified atom stereocenters. The normalized spacial score (nSPS) is 15.4. The van der Waals surface area contributed by atoms with E-state index in [0.717, 1.165) is 37.3 Å². The highest BCUT2D eigenvalue weighted by molar-refractivity contribution is 6.31. The summed E-state index contributed by atoms with van der Waals surface area (Å²) in [6.45, 7) is 1.46. The summed E-state index contributed by atoms with van der Waals surface area (Å²) < 4.78 is 2.12. The Kier molecular flexibility index (Phi) is 4.94. The Hall–Kier alpha value is -2.21. The van der Waals surface area contributed by atoms with Gasteiger partial charge in [-0.15, -0.1) is 0 Å². The summed E-state index contributed by atoms with van der Waals surface area (Å²) in [7, 11) is 3.88. The van der Waals surface area contributed by atoms with Crippen LogP contribution in [0.5, 0.6) is 0 Å². The first kappa shape index (κ1) is 16.6. The van der Waals surface area contributed by atoms with E-state index in [1.807, 2.05) is 48.6 Å². The van der Waals surface area contributed by atoms with Crippen LogP contribution in [-0.2, 0) is 0 Å². The fourth-order valence-electron chi connectivity index (χ4n) is 3.05. The van der Waals surface area contributed by atoms with Crippen molar-refractivity contribution in [3.05, 3.63) is 41.9 Å². The number of hydrogen-bond donors (Lipinski definition) is 1. The van der Waals surface area contributed by atoms with E-state index < -0.39 is 0 Å². The lowest BCUT2D eigenvalue weighted by Crippen LogP contribution is -2.41. The van der Waals surface area contributed by atoms with E-state index >= 15 is 0 Å². The molecule has 3 rings (SSSR count). The maximum Gasteiger partial charge on any atom is 0.321 e. The van der Waals surface area contributed by atoms with Gasteiger partial charge in [0.25, 0.3) is 0 Å². The van der Waals surface area contributed by atoms with Crippen molar-refractivity contribution >= 4 is 29.0 Å². The molecule has 1 aliphatic heterocycles. The molecule has 1 aliphatic rings. The molecule has 0 radical (unpaired) electrons. The Morgan fingerprint density at radius 2 is 2.08 bits per heavy atom. The Morgan fingerprint density at radius 3 is 2.71 bits per heavy atom. The van der Waals surface area contributed by atoms with Crippen molar-refractivity contribution in [1.29, 1.82) is 0 Å². The van der Waals surface area contributed by atoms with Gasteiger partial charge in [0.1, 0.15) is 0 Å². The molecule has 2 amide bonds. The zero-order chi connectivity index (χ0) is 17.1. The minimum Gasteiger partial charge on any atom is -0.376 e. The monoisotopic (exact) mass is 347 g/mol. The van der Waals surface area contributed by atoms with E-state index in [-0.39, 0.29) is 6.03 Å². The van der Waals surface area contributed by atoms with Crippen molar-refractivity contribution in [2.24, 2.45) is 0 Å². The van der Waals surface area contributed by atoms with Crippen LogP contribution in [0.25, 0.3) is 0 Å². The minimum absolute atomic E-state index is 0.0792. The van der Waals surface area contributed by atoms with Crippen LogP contribution in [0, 0.1) is 0 Å². The van der Waals surface area contributed by atoms with Crippen molar-refractivity contribution in [3.8, 4) is 0 Å². The van der Waals surface area contributed by atoms with Gasteiger partial charge in [0, 0.05) is 50.6 Å². The van der Waals surface area contributed by atoms with E-state index in [4.69, 9.17) is 11.6 Å². The zero-order valence-electron chi connectivity index (χ0n) is 13.9. The summed E-state index contributed by atoms with van der Waals surface area (Å²) in [4.78, 5) is 20.5. The number of halogens is 1. The van der Waals surface area contributed by atoms with Crippen molar-refractivity contribution < 1.29 is 4.79 Å². The number of carbonyl (C=O) groups excluding carboxylic acids is 1. The molecule has 1 aromatic heterocycles. The number of urea groups is 1. The first-order valence-corrected chi connectivity index (χ1v) is 8.42. The number of rotatable bonds is 3. The second-order valence-corrected chi connectivity index (χ2v) is 6.65. The number of aromatic nitrogens is 2. The van der Waals surface area contributed by atoms with Gasteiger partial charge in [-0.25, -0.2) is 9.78 Å². The maximum absolute atomic E-state index is 12.6. The Morgan fingerprint density at radius 1 is 1.33 bits per heavy atom. The molecule has 2 heterocycles. The molecular weight excluding hydrogens is 326 g/mol. The van der Waals surface area contributed by atoms with Crippen LogP contribution in [0.1, 0.15) is 18.9 Å². The molecule has 1 aromatic carbocycles. The number of amides is 2. The minimum atomic E-state index is -0.0792. The van der Waals surface area contributed by atoms with Crippen molar-refractivity contribution in [3.63, 3.8) is 0 Å². The first-order valence-electron chi connectivity index (χ1n) is 8.05. The molecular formula is C17H22ClN5O. The van der Waals surface area contributed by atoms with Crippen LogP contribution in [0.15, 0.2) is 36.9 Å². The van der Waals surface area contributed by atoms with Crippen LogP contribution in [0.2, 0.25) is 5.02 Å². The van der Waals surface area contributed by atoms with E-state index in [1.54, 1.807) is 12.3 Å². The number of hydrogen-bond acceptors (Lipinski definition) is 3. The summed E-state index contributed by atoms with van der Waals surface area (Å²) in [5, 5.41) is 3.60. The van der Waals surface area contributed by atoms with Gasteiger partial charge >= 0.3 is 6.03 Å². The number of nitrogens with one attached hydrogen (secondary N) is 1. The van der Waals surface area contributed by atoms with E-state index in [2.05, 4.69) is 14.9 Å². The molecule has 0 aliphatic carbocycles. The number of nitrogens with zero attached hydrogens (tertiary/aromatic N) is 4. The van der Waals surface area contributed by atoms with E-state index in [9.17, 15) is 4.79 Å². The molecule has 7 heteroatoms. The third-order valence-electron chi connectivity index (χ3n) is 4.38. The lowest BCUT2D eigenvalue weighted by Gasteiger charge is -2.33. The average molecular weight is 348 g/mol. The third kappa shape index (κ3) is 3.64. The molecule has 0 bridgehead atoms. The van der Waals surface area contributed by atoms with Crippen molar-refractivity contribution in [2.45, 2.75) is 18.9 Å². The van der Waals surface area contributed by atoms with E-state index in [0.29, 0.717) is 11.1 Å². The van der Waals surface area contributed by atoms with Crippen molar-refractivity contribution in [2.75, 3.05) is 37.4 Å². The number of imidazole rings is 1. The largest absolute Gasteiger partial charge is 0.376 e. The molecule has 0 atom stereocenters. The molecule has 1 N–H and O–H groups in total. The fraction of sp³-hybridized carbons (Fsp3) is 0.412. The smallest absolute Gasteiger partial charge is 0.321 e. The lowest BCUT2D eigenvalue weighted by molar-refractivity contribution is 0.184. The number of piperidine rings is 1. The summed E-state index contributed by atoms with van der Waals surface area (Å²) in [6, 6.07) is 5.85. The van der Waals surface area contributed by atoms with Crippen LogP contribution in [0.3, 0.4) is 0 Å². The molecule has 128 valence electrons. The first-order chi connectivity index (χ1) is 11.5. The summed E-state index contributed by atoms with van der Waals surface area (Å²) >= 11 is 6.07. The fourth-order valence-corrected chi connectivity index (χ4v) is 3.22. The highest BCUT2D eigenvalue weighted by atomic mass is 35.5. The number of carbonyl (C=O) groups is 1. The topological polar surface area (TPSA) is 53.4 Å². The van der Waals surface area contributed by atoms with Gasteiger partial charge in [0.15, 0.2) is 0 Å². The molecule has 0 spiro atoms. The summed E-state index contributed by atoms with van der Waals surface area (Å²) in [5.74, 6) is 0. The molecule has 24 heavy (non-hydrogen) atoms. The van der Waals surface area contributed by atoms with Gasteiger partial charge in [0.05, 0.1) is 17.7 Å². The summed E-state index contributed by atoms with van der Waals surface area (Å²) in [6.07, 6.45) is 7.48. The van der Waals surface area contributed by atoms with Crippen LogP contribution in [-0.4, -0.2) is 47.7 Å². The molecule has 2 aromatic rings. The van der Waals surface area contributed by atoms with Gasteiger partial charge in [-0.2, -0.15) is 0 Å². The molecule has 1 fully saturated rings. The average Bonchev–Trinajstić information content (AvgIpc) is 3.09. The second-order valence-electron chi connectivity index (χ2n) is 6.21. The van der Waals surface area contributed by atoms with Gasteiger partial charge in [-0.05, 0) is 31.0 Å². The highest BCUT2D eigenvalue weighted by Gasteiger charge is 2.24. The number of anilines is 2. The Balaban J connectivity index is 1.63. The predicted molar refractivity (Wildman–Crippen MR) is 96.9 cm³/mol. The van der Waals surface area contributed by atoms with Gasteiger partial charge in [0.2, 0.25) is 0 Å². The van der Waals surface area contributed by atoms with Gasteiger partial charge in [-0.1, -0.05) is 11.6 Å². The standard InChI is InChI=1S/C17H22ClN5O/c1-21(2)16-4-3-13(18)11-15(16)20-17(24)22-8-5-14(6-9-22)23-10-7-19-12-23/h3-4,7,10-12,14H,5-6,8-9H2,1-2H3,(H,20,24). The lowest BCUT2D eigenvalue weighted by atomic mass is 10.1. The van der Waals surface area contributed by atoms with E-state index in [1.165, 1.54) is 0 Å². The second kappa shape index (κ2) is 7.13. The SMILES string of the molecule is CN(C)c1ccc(Cl)cc1NC(=O)N1CCC(n2ccnc2)CC1. The predicted octanol–water partition coefficient (Wildman–Crippen LogP) is 3.47. The molecule has 1 saturated heterocycles. The maximum atomic E-state index is 12.6. The molecule has 0 saturated carbocycles. The highest BCUT2D eigenvalue weighted by Crippen LogP contribution is 2.29. The van der Waals surface area contributed by atoms with Crippen LogP contribution >= 0.6 is 11.6 Å². The molecule has 6 nitrogen and oxygen atoms in total. The Bertz CT molecular complexity index is 693. The number of benzene rings is 1. The number of likely N-dealkylation sites (tertiary alicyclic amines) is 1. The van der Waals surface area contributed by atoms with Gasteiger partial charge in [-0.3, -0.25) is 0 Å².